The Morgan fingerprint density at radius 3 is 1.52 bits per heavy atom. The second-order valence-corrected chi connectivity index (χ2v) is 42.0. The normalized spacial score (nSPS) is 34.9. The van der Waals surface area contributed by atoms with Crippen LogP contribution in [0.4, 0.5) is 4.79 Å². The Morgan fingerprint density at radius 2 is 1.00 bits per heavy atom. The van der Waals surface area contributed by atoms with E-state index in [1.807, 2.05) is 76.2 Å². The molecule has 4 saturated heterocycles. The molecular formula is C86H136O26S2. The van der Waals surface area contributed by atoms with E-state index < -0.39 is 90.4 Å². The fourth-order valence-electron chi connectivity index (χ4n) is 19.5. The summed E-state index contributed by atoms with van der Waals surface area (Å²) < 4.78 is 92.5. The molecule has 0 spiro atoms. The number of hydrogen-bond acceptors (Lipinski definition) is 27. The molecule has 12 saturated carbocycles. The molecule has 16 rings (SSSR count). The first-order valence-electron chi connectivity index (χ1n) is 42.7. The van der Waals surface area contributed by atoms with Gasteiger partial charge in [-0.25, -0.2) is 14.4 Å². The first-order chi connectivity index (χ1) is 53.2. The van der Waals surface area contributed by atoms with Gasteiger partial charge in [0.2, 0.25) is 12.4 Å². The number of carbonyl (C=O) groups excluding carboxylic acids is 10. The predicted octanol–water partition coefficient (Wildman–Crippen LogP) is 14.0. The minimum absolute atomic E-state index is 0.00636. The highest BCUT2D eigenvalue weighted by Gasteiger charge is 2.67. The van der Waals surface area contributed by atoms with Crippen molar-refractivity contribution in [3.05, 3.63) is 0 Å². The number of aliphatic hydroxyl groups is 1. The van der Waals surface area contributed by atoms with Crippen LogP contribution in [0.5, 0.6) is 0 Å². The Balaban J connectivity index is 0.000000159. The van der Waals surface area contributed by atoms with Crippen LogP contribution in [0, 0.1) is 97.6 Å². The highest BCUT2D eigenvalue weighted by Crippen LogP contribution is 2.63. The van der Waals surface area contributed by atoms with Crippen molar-refractivity contribution in [3.63, 3.8) is 0 Å². The maximum Gasteiger partial charge on any atom is 0.508 e. The molecule has 0 aromatic heterocycles. The molecule has 14 unspecified atom stereocenters. The van der Waals surface area contributed by atoms with Crippen molar-refractivity contribution in [2.45, 2.75) is 338 Å². The van der Waals surface area contributed by atoms with Gasteiger partial charge in [0.1, 0.15) is 48.8 Å². The average molecular weight is 1650 g/mol. The van der Waals surface area contributed by atoms with E-state index in [1.165, 1.54) is 38.5 Å². The Bertz CT molecular complexity index is 3510. The molecule has 16 aliphatic rings. The zero-order valence-corrected chi connectivity index (χ0v) is 73.2. The lowest BCUT2D eigenvalue weighted by molar-refractivity contribution is -0.225. The van der Waals surface area contributed by atoms with E-state index in [2.05, 4.69) is 13.8 Å². The number of ether oxygens (including phenoxy) is 12. The summed E-state index contributed by atoms with van der Waals surface area (Å²) in [6.07, 6.45) is 17.2. The van der Waals surface area contributed by atoms with Gasteiger partial charge in [-0.15, -0.1) is 0 Å². The first-order valence-corrected chi connectivity index (χ1v) is 45.3. The van der Waals surface area contributed by atoms with Crippen LogP contribution in [0.1, 0.15) is 279 Å². The van der Waals surface area contributed by atoms with Crippen molar-refractivity contribution in [1.82, 2.24) is 0 Å². The van der Waals surface area contributed by atoms with Crippen molar-refractivity contribution < 1.29 is 122 Å². The molecule has 4 aliphatic heterocycles. The van der Waals surface area contributed by atoms with Crippen molar-refractivity contribution in [2.24, 2.45) is 97.6 Å². The molecule has 4 heterocycles. The molecule has 0 amide bonds. The monoisotopic (exact) mass is 1650 g/mol. The van der Waals surface area contributed by atoms with Crippen LogP contribution in [-0.4, -0.2) is 177 Å². The van der Waals surface area contributed by atoms with Crippen molar-refractivity contribution in [1.29, 1.82) is 0 Å². The zero-order chi connectivity index (χ0) is 84.3. The number of rotatable bonds is 24. The van der Waals surface area contributed by atoms with Crippen molar-refractivity contribution >= 4 is 81.8 Å². The van der Waals surface area contributed by atoms with E-state index in [1.54, 1.807) is 53.3 Å². The van der Waals surface area contributed by atoms with E-state index in [9.17, 15) is 61.5 Å². The number of fused-ring (bicyclic) bond motifs is 2. The Hall–Kier alpha value is -5.32. The largest absolute Gasteiger partial charge is 0.508 e. The van der Waals surface area contributed by atoms with Crippen LogP contribution in [-0.2, 0) is 114 Å². The van der Waals surface area contributed by atoms with E-state index in [0.29, 0.717) is 81.8 Å². The van der Waals surface area contributed by atoms with Gasteiger partial charge in [-0.1, -0.05) is 48.5 Å². The minimum atomic E-state index is -3.54. The number of esters is 9. The van der Waals surface area contributed by atoms with Crippen LogP contribution < -0.4 is 0 Å². The van der Waals surface area contributed by atoms with Crippen LogP contribution in [0.15, 0.2) is 0 Å². The van der Waals surface area contributed by atoms with Crippen LogP contribution >= 0.6 is 11.8 Å². The van der Waals surface area contributed by atoms with E-state index in [0.717, 1.165) is 87.5 Å². The molecule has 0 radical (unpaired) electrons. The van der Waals surface area contributed by atoms with Crippen LogP contribution in [0.2, 0.25) is 0 Å². The highest BCUT2D eigenvalue weighted by molar-refractivity contribution is 7.99. The summed E-state index contributed by atoms with van der Waals surface area (Å²) in [6.45, 7) is 36.9. The van der Waals surface area contributed by atoms with Gasteiger partial charge >= 0.3 is 59.9 Å². The molecule has 16 fully saturated rings. The van der Waals surface area contributed by atoms with Crippen molar-refractivity contribution in [2.75, 3.05) is 44.5 Å². The molecule has 14 atom stereocenters. The number of carbonyl (C=O) groups is 10. The third-order valence-electron chi connectivity index (χ3n) is 28.6. The lowest BCUT2D eigenvalue weighted by Gasteiger charge is -2.60. The summed E-state index contributed by atoms with van der Waals surface area (Å²) in [4.78, 5) is 118. The predicted molar refractivity (Wildman–Crippen MR) is 419 cm³/mol. The summed E-state index contributed by atoms with van der Waals surface area (Å²) in [5.41, 5.74) is -3.90. The van der Waals surface area contributed by atoms with Gasteiger partial charge in [0.25, 0.3) is 10.1 Å². The van der Waals surface area contributed by atoms with Gasteiger partial charge < -0.3 is 61.9 Å². The number of thioether (sulfide) groups is 1. The molecule has 0 aromatic carbocycles. The molecule has 28 heteroatoms. The van der Waals surface area contributed by atoms with Gasteiger partial charge in [-0.2, -0.15) is 20.2 Å². The summed E-state index contributed by atoms with van der Waals surface area (Å²) >= 11 is 1.76. The maximum absolute atomic E-state index is 12.6. The van der Waals surface area contributed by atoms with Gasteiger partial charge in [0.05, 0.1) is 68.2 Å². The Labute approximate surface area is 681 Å². The lowest BCUT2D eigenvalue weighted by atomic mass is 9.49. The fraction of sp³-hybridized carbons (Fsp3) is 0.884. The standard InChI is InChI=1S/C18H30O2.C16H24O8S.C16H22O6.C16H26O3.C10H16O4.C10H18O3S/c1-5-17(3,4)16(19)20-18(6-2)14-8-12-7-13(10-14)11-15(18)9-12;1-4-16(2,3)14(17)21-5-6-22-15(18)23-12-9-7-10-11(8-9)25(19,20)24-13(10)12;1-4-16(2,3)15(19)20-7-11(17)21-12-8-5-9-10(6-8)14(18)22-13(9)12;1-4-14(2,3)13(17)19-16-8-11-5-12(9-16)7-15(18,6-11)10-16;1-4-10(2,3)9(12)14-7-5-6-13-8(7)11;1-4-10(2,3)9(11)13-8-7-14-6-5-12-8/h12-15H,5-11H2,1-4H3;9-13H,4-8H2,1-3H3;8-10,12-13H,4-7H2,1-3H3;11-12,18H,4-10H2,1-3H3;7H,4-6H2,1-3H3;8H,4-7H2,1-3H3. The molecule has 114 heavy (non-hydrogen) atoms. The van der Waals surface area contributed by atoms with Gasteiger partial charge in [-0.3, -0.25) is 37.7 Å². The first kappa shape index (κ1) is 92.6. The number of cyclic esters (lactones) is 1. The average Bonchev–Trinajstić information content (AvgIpc) is 1.29. The SMILES string of the molecule is CCC(C)(C)C(=O)OC1(CC)C2CC3CC(C2)CC1C3.CCC(C)(C)C(=O)OC12CC3CC(CC(O)(C3)C1)C2.CCC(C)(C)C(=O)OC1CCOC1=O.CCC(C)(C)C(=O)OC1CSCCO1.CCC(C)(C)C(=O)OCC(=O)OC1C2CC3C(=O)OC1C3C2.CCC(C)(C)C(=O)OCCOC(=O)OC1C2CC3C1OS(=O)(=O)C3C2. The fourth-order valence-corrected chi connectivity index (χ4v) is 22.1. The molecular weight excluding hydrogens is 1510 g/mol. The summed E-state index contributed by atoms with van der Waals surface area (Å²) in [6, 6.07) is 0. The third kappa shape index (κ3) is 21.3. The summed E-state index contributed by atoms with van der Waals surface area (Å²) in [5, 5.41) is 10.2. The lowest BCUT2D eigenvalue weighted by Crippen LogP contribution is -2.61. The quantitative estimate of drug-likeness (QED) is 0.0406. The Morgan fingerprint density at radius 1 is 0.509 bits per heavy atom. The second-order valence-electron chi connectivity index (χ2n) is 39.1. The summed E-state index contributed by atoms with van der Waals surface area (Å²) in [7, 11) is -3.54. The molecule has 26 nitrogen and oxygen atoms in total. The molecule has 12 bridgehead atoms. The van der Waals surface area contributed by atoms with Gasteiger partial charge in [0, 0.05) is 42.3 Å². The summed E-state index contributed by atoms with van der Waals surface area (Å²) in [5.74, 6) is 3.82. The van der Waals surface area contributed by atoms with Crippen LogP contribution in [0.25, 0.3) is 0 Å². The van der Waals surface area contributed by atoms with Crippen LogP contribution in [0.3, 0.4) is 0 Å². The Kier molecular flexibility index (Phi) is 29.8. The van der Waals surface area contributed by atoms with Crippen molar-refractivity contribution in [3.8, 4) is 0 Å². The third-order valence-corrected chi connectivity index (χ3v) is 31.3. The number of hydrogen-bond donors (Lipinski definition) is 1. The molecule has 1 N–H and O–H groups in total. The van der Waals surface area contributed by atoms with E-state index in [4.69, 9.17) is 61.0 Å². The van der Waals surface area contributed by atoms with Gasteiger partial charge in [-0.05, 0) is 253 Å². The minimum Gasteiger partial charge on any atom is -0.463 e. The smallest absolute Gasteiger partial charge is 0.463 e. The van der Waals surface area contributed by atoms with E-state index >= 15 is 0 Å². The molecule has 0 aromatic rings. The van der Waals surface area contributed by atoms with Gasteiger partial charge in [0.15, 0.2) is 6.61 Å². The second kappa shape index (κ2) is 36.7. The highest BCUT2D eigenvalue weighted by atomic mass is 32.2. The molecule has 648 valence electrons. The maximum atomic E-state index is 12.6. The molecule has 12 aliphatic carbocycles. The zero-order valence-electron chi connectivity index (χ0n) is 71.6. The van der Waals surface area contributed by atoms with E-state index in [-0.39, 0.29) is 120 Å². The topological polar surface area (TPSA) is 345 Å².